The average molecular weight is 276 g/mol. The molecule has 2 aliphatic rings. The second kappa shape index (κ2) is 7.46. The monoisotopic (exact) mass is 276 g/mol. The highest BCUT2D eigenvalue weighted by atomic mass is 32.2. The summed E-state index contributed by atoms with van der Waals surface area (Å²) in [5.41, 5.74) is 0. The summed E-state index contributed by atoms with van der Waals surface area (Å²) in [5, 5.41) is 0. The molecule has 0 atom stereocenters. The fourth-order valence-corrected chi connectivity index (χ4v) is 4.15. The van der Waals surface area contributed by atoms with Gasteiger partial charge in [0.1, 0.15) is 9.84 Å². The Morgan fingerprint density at radius 1 is 1.00 bits per heavy atom. The van der Waals surface area contributed by atoms with Crippen LogP contribution in [0.3, 0.4) is 0 Å². The van der Waals surface area contributed by atoms with Gasteiger partial charge in [-0.1, -0.05) is 20.8 Å². The Bertz CT molecular complexity index is 308. The first-order chi connectivity index (χ1) is 8.61. The van der Waals surface area contributed by atoms with Gasteiger partial charge in [-0.3, -0.25) is 4.90 Å². The van der Waals surface area contributed by atoms with E-state index in [-0.39, 0.29) is 0 Å². The Kier molecular flexibility index (Phi) is 6.60. The van der Waals surface area contributed by atoms with E-state index < -0.39 is 9.84 Å². The van der Waals surface area contributed by atoms with Gasteiger partial charge in [0.2, 0.25) is 0 Å². The summed E-state index contributed by atoms with van der Waals surface area (Å²) in [6.07, 6.45) is 1.68. The largest absolute Gasteiger partial charge is 0.301 e. The molecule has 2 rings (SSSR count). The SMILES string of the molecule is CC.CCN1CCN(C2CCS(=O)(=O)CC2)CC1. The molecule has 0 aromatic carbocycles. The Hall–Kier alpha value is -0.130. The highest BCUT2D eigenvalue weighted by Crippen LogP contribution is 2.19. The van der Waals surface area contributed by atoms with Gasteiger partial charge in [-0.25, -0.2) is 8.42 Å². The molecule has 0 unspecified atom stereocenters. The first-order valence-corrected chi connectivity index (χ1v) is 9.09. The van der Waals surface area contributed by atoms with Crippen LogP contribution in [0.4, 0.5) is 0 Å². The Labute approximate surface area is 112 Å². The number of hydrogen-bond donors (Lipinski definition) is 0. The van der Waals surface area contributed by atoms with Gasteiger partial charge in [-0.2, -0.15) is 0 Å². The van der Waals surface area contributed by atoms with Crippen LogP contribution in [0.5, 0.6) is 0 Å². The maximum absolute atomic E-state index is 11.4. The molecule has 0 aliphatic carbocycles. The summed E-state index contributed by atoms with van der Waals surface area (Å²) < 4.78 is 22.7. The van der Waals surface area contributed by atoms with Gasteiger partial charge < -0.3 is 4.90 Å². The van der Waals surface area contributed by atoms with Crippen molar-refractivity contribution in [2.75, 3.05) is 44.2 Å². The summed E-state index contributed by atoms with van der Waals surface area (Å²) >= 11 is 0. The van der Waals surface area contributed by atoms with Crippen molar-refractivity contribution in [2.24, 2.45) is 0 Å². The van der Waals surface area contributed by atoms with E-state index in [0.717, 1.165) is 45.6 Å². The zero-order valence-corrected chi connectivity index (χ0v) is 12.9. The van der Waals surface area contributed by atoms with Crippen LogP contribution in [0.25, 0.3) is 0 Å². The predicted octanol–water partition coefficient (Wildman–Crippen LogP) is 1.23. The molecular weight excluding hydrogens is 248 g/mol. The Morgan fingerprint density at radius 3 is 1.94 bits per heavy atom. The van der Waals surface area contributed by atoms with Crippen LogP contribution >= 0.6 is 0 Å². The molecule has 2 fully saturated rings. The highest BCUT2D eigenvalue weighted by Gasteiger charge is 2.29. The van der Waals surface area contributed by atoms with Crippen molar-refractivity contribution >= 4 is 9.84 Å². The number of sulfone groups is 1. The third kappa shape index (κ3) is 4.52. The van der Waals surface area contributed by atoms with E-state index in [9.17, 15) is 8.42 Å². The van der Waals surface area contributed by atoms with Crippen molar-refractivity contribution in [2.45, 2.75) is 39.7 Å². The molecule has 0 N–H and O–H groups in total. The number of nitrogens with zero attached hydrogens (tertiary/aromatic N) is 2. The second-order valence-corrected chi connectivity index (χ2v) is 7.16. The molecule has 0 aromatic rings. The molecule has 5 heteroatoms. The third-order valence-corrected chi connectivity index (χ3v) is 5.61. The predicted molar refractivity (Wildman–Crippen MR) is 76.7 cm³/mol. The normalized spacial score (nSPS) is 26.4. The standard InChI is InChI=1S/C11H22N2O2S.C2H6/c1-2-12-5-7-13(8-6-12)11-3-9-16(14,15)10-4-11;1-2/h11H,2-10H2,1H3;1-2H3. The molecule has 4 nitrogen and oxygen atoms in total. The topological polar surface area (TPSA) is 40.6 Å². The molecule has 0 spiro atoms. The van der Waals surface area contributed by atoms with Crippen LogP contribution < -0.4 is 0 Å². The molecule has 0 saturated carbocycles. The lowest BCUT2D eigenvalue weighted by Gasteiger charge is -2.40. The van der Waals surface area contributed by atoms with E-state index in [1.807, 2.05) is 13.8 Å². The molecule has 0 aromatic heterocycles. The lowest BCUT2D eigenvalue weighted by atomic mass is 10.1. The molecule has 0 amide bonds. The van der Waals surface area contributed by atoms with Gasteiger partial charge in [0.05, 0.1) is 11.5 Å². The summed E-state index contributed by atoms with van der Waals surface area (Å²) in [6.45, 7) is 11.8. The Balaban J connectivity index is 0.000000771. The fraction of sp³-hybridized carbons (Fsp3) is 1.00. The summed E-state index contributed by atoms with van der Waals surface area (Å²) in [7, 11) is -2.71. The molecule has 2 aliphatic heterocycles. The van der Waals surface area contributed by atoms with E-state index >= 15 is 0 Å². The van der Waals surface area contributed by atoms with Crippen molar-refractivity contribution in [1.29, 1.82) is 0 Å². The lowest BCUT2D eigenvalue weighted by molar-refractivity contribution is 0.0944. The van der Waals surface area contributed by atoms with Crippen LogP contribution in [0.1, 0.15) is 33.6 Å². The summed E-state index contributed by atoms with van der Waals surface area (Å²) in [6, 6.07) is 0.516. The van der Waals surface area contributed by atoms with Gasteiger partial charge in [0.15, 0.2) is 0 Å². The molecule has 2 heterocycles. The Morgan fingerprint density at radius 2 is 1.50 bits per heavy atom. The summed E-state index contributed by atoms with van der Waals surface area (Å²) in [5.74, 6) is 0.789. The third-order valence-electron chi connectivity index (χ3n) is 3.89. The average Bonchev–Trinajstić information content (AvgIpc) is 2.41. The maximum Gasteiger partial charge on any atom is 0.150 e. The van der Waals surface area contributed by atoms with Crippen molar-refractivity contribution in [3.8, 4) is 0 Å². The van der Waals surface area contributed by atoms with Crippen LogP contribution in [-0.4, -0.2) is 68.5 Å². The van der Waals surface area contributed by atoms with E-state index in [2.05, 4.69) is 16.7 Å². The smallest absolute Gasteiger partial charge is 0.150 e. The van der Waals surface area contributed by atoms with E-state index in [0.29, 0.717) is 17.5 Å². The van der Waals surface area contributed by atoms with Crippen LogP contribution in [0.2, 0.25) is 0 Å². The second-order valence-electron chi connectivity index (χ2n) is 4.85. The molecule has 108 valence electrons. The first kappa shape index (κ1) is 15.9. The van der Waals surface area contributed by atoms with Crippen molar-refractivity contribution in [3.05, 3.63) is 0 Å². The first-order valence-electron chi connectivity index (χ1n) is 7.27. The minimum atomic E-state index is -2.71. The summed E-state index contributed by atoms with van der Waals surface area (Å²) in [4.78, 5) is 4.94. The van der Waals surface area contributed by atoms with E-state index in [1.165, 1.54) is 0 Å². The zero-order valence-electron chi connectivity index (χ0n) is 12.1. The number of piperazine rings is 1. The number of likely N-dealkylation sites (N-methyl/N-ethyl adjacent to an activating group) is 1. The quantitative estimate of drug-likeness (QED) is 0.760. The minimum absolute atomic E-state index is 0.395. The fourth-order valence-electron chi connectivity index (χ4n) is 2.69. The van der Waals surface area contributed by atoms with Gasteiger partial charge in [0.25, 0.3) is 0 Å². The highest BCUT2D eigenvalue weighted by molar-refractivity contribution is 7.91. The van der Waals surface area contributed by atoms with Crippen LogP contribution in [0, 0.1) is 0 Å². The van der Waals surface area contributed by atoms with Crippen molar-refractivity contribution in [3.63, 3.8) is 0 Å². The van der Waals surface area contributed by atoms with Gasteiger partial charge in [-0.05, 0) is 19.4 Å². The lowest BCUT2D eigenvalue weighted by Crippen LogP contribution is -2.51. The van der Waals surface area contributed by atoms with E-state index in [4.69, 9.17) is 0 Å². The maximum atomic E-state index is 11.4. The molecule has 18 heavy (non-hydrogen) atoms. The van der Waals surface area contributed by atoms with Crippen molar-refractivity contribution in [1.82, 2.24) is 9.80 Å². The number of rotatable bonds is 2. The molecule has 2 saturated heterocycles. The van der Waals surface area contributed by atoms with Gasteiger partial charge in [-0.15, -0.1) is 0 Å². The zero-order chi connectivity index (χ0) is 13.6. The van der Waals surface area contributed by atoms with Crippen LogP contribution in [0.15, 0.2) is 0 Å². The number of hydrogen-bond acceptors (Lipinski definition) is 4. The molecule has 0 bridgehead atoms. The van der Waals surface area contributed by atoms with Gasteiger partial charge >= 0.3 is 0 Å². The molecule has 0 radical (unpaired) electrons. The van der Waals surface area contributed by atoms with Crippen molar-refractivity contribution < 1.29 is 8.42 Å². The minimum Gasteiger partial charge on any atom is -0.301 e. The van der Waals surface area contributed by atoms with Crippen LogP contribution in [-0.2, 0) is 9.84 Å². The molecular formula is C13H28N2O2S. The van der Waals surface area contributed by atoms with E-state index in [1.54, 1.807) is 0 Å². The van der Waals surface area contributed by atoms with Gasteiger partial charge in [0, 0.05) is 32.2 Å².